The second kappa shape index (κ2) is 7.75. The van der Waals surface area contributed by atoms with Crippen LogP contribution in [0.1, 0.15) is 26.2 Å². The highest BCUT2D eigenvalue weighted by Gasteiger charge is 2.44. The van der Waals surface area contributed by atoms with Crippen LogP contribution in [-0.2, 0) is 9.53 Å². The van der Waals surface area contributed by atoms with E-state index in [9.17, 15) is 4.79 Å². The first-order valence-corrected chi connectivity index (χ1v) is 9.41. The quantitative estimate of drug-likeness (QED) is 0.820. The highest BCUT2D eigenvalue weighted by atomic mass is 16.5. The number of benzene rings is 1. The molecule has 5 nitrogen and oxygen atoms in total. The molecule has 0 aromatic heterocycles. The Hall–Kier alpha value is -1.59. The summed E-state index contributed by atoms with van der Waals surface area (Å²) in [6, 6.07) is 11.1. The van der Waals surface area contributed by atoms with Crippen LogP contribution in [0.5, 0.6) is 0 Å². The topological polar surface area (TPSA) is 36.0 Å². The Morgan fingerprint density at radius 1 is 1.24 bits per heavy atom. The number of carbonyl (C=O) groups excluding carboxylic acids is 1. The van der Waals surface area contributed by atoms with E-state index >= 15 is 0 Å². The Kier molecular flexibility index (Phi) is 5.64. The minimum atomic E-state index is 0.00450. The average molecular weight is 345 g/mol. The Bertz CT molecular complexity index is 568. The Balaban J connectivity index is 1.57. The fourth-order valence-electron chi connectivity index (χ4n) is 4.09. The van der Waals surface area contributed by atoms with Crippen LogP contribution in [0.15, 0.2) is 30.3 Å². The maximum atomic E-state index is 11.9. The van der Waals surface area contributed by atoms with Crippen molar-refractivity contribution in [3.05, 3.63) is 30.3 Å². The Morgan fingerprint density at radius 3 is 2.52 bits per heavy atom. The molecule has 0 bridgehead atoms. The second-order valence-corrected chi connectivity index (χ2v) is 7.54. The van der Waals surface area contributed by atoms with Gasteiger partial charge in [0, 0.05) is 39.4 Å². The number of rotatable bonds is 5. The number of likely N-dealkylation sites (tertiary alicyclic amines) is 1. The minimum absolute atomic E-state index is 0.00450. The molecule has 1 amide bonds. The molecule has 1 atom stereocenters. The van der Waals surface area contributed by atoms with Gasteiger partial charge < -0.3 is 14.5 Å². The minimum Gasteiger partial charge on any atom is -0.373 e. The fraction of sp³-hybridized carbons (Fsp3) is 0.650. The molecule has 1 spiro atoms. The van der Waals surface area contributed by atoms with Crippen molar-refractivity contribution in [2.45, 2.75) is 37.8 Å². The smallest absolute Gasteiger partial charge is 0.236 e. The third-order valence-corrected chi connectivity index (χ3v) is 5.68. The predicted molar refractivity (Wildman–Crippen MR) is 101 cm³/mol. The molecule has 2 aliphatic heterocycles. The molecule has 2 fully saturated rings. The van der Waals surface area contributed by atoms with E-state index in [-0.39, 0.29) is 11.5 Å². The number of piperidine rings is 1. The number of carbonyl (C=O) groups is 1. The third-order valence-electron chi connectivity index (χ3n) is 5.68. The SMILES string of the molecule is CCN(c1ccccc1)C1COC2(CCN(CC(=O)N(C)C)CC2)C1. The molecule has 1 unspecified atom stereocenters. The molecule has 3 rings (SSSR count). The van der Waals surface area contributed by atoms with Crippen LogP contribution in [0.4, 0.5) is 5.69 Å². The van der Waals surface area contributed by atoms with Gasteiger partial charge >= 0.3 is 0 Å². The molecule has 25 heavy (non-hydrogen) atoms. The molecule has 1 aromatic carbocycles. The molecule has 2 heterocycles. The summed E-state index contributed by atoms with van der Waals surface area (Å²) in [6.07, 6.45) is 3.14. The van der Waals surface area contributed by atoms with Gasteiger partial charge in [0.2, 0.25) is 5.91 Å². The summed E-state index contributed by atoms with van der Waals surface area (Å²) in [7, 11) is 3.64. The molecule has 138 valence electrons. The average Bonchev–Trinajstić information content (AvgIpc) is 3.02. The molecular weight excluding hydrogens is 314 g/mol. The van der Waals surface area contributed by atoms with E-state index in [4.69, 9.17) is 4.74 Å². The zero-order chi connectivity index (χ0) is 17.9. The van der Waals surface area contributed by atoms with Gasteiger partial charge in [-0.15, -0.1) is 0 Å². The summed E-state index contributed by atoms with van der Waals surface area (Å²) in [5, 5.41) is 0. The number of hydrogen-bond acceptors (Lipinski definition) is 4. The lowest BCUT2D eigenvalue weighted by Gasteiger charge is -2.39. The van der Waals surface area contributed by atoms with E-state index in [0.29, 0.717) is 12.6 Å². The number of ether oxygens (including phenoxy) is 1. The van der Waals surface area contributed by atoms with Crippen LogP contribution in [0, 0.1) is 0 Å². The molecule has 0 aliphatic carbocycles. The van der Waals surface area contributed by atoms with E-state index in [1.54, 1.807) is 4.90 Å². The third kappa shape index (κ3) is 4.15. The van der Waals surface area contributed by atoms with Crippen LogP contribution in [0.25, 0.3) is 0 Å². The van der Waals surface area contributed by atoms with Crippen molar-refractivity contribution >= 4 is 11.6 Å². The number of nitrogens with zero attached hydrogens (tertiary/aromatic N) is 3. The van der Waals surface area contributed by atoms with Gasteiger partial charge in [-0.2, -0.15) is 0 Å². The molecule has 0 saturated carbocycles. The van der Waals surface area contributed by atoms with Crippen molar-refractivity contribution < 1.29 is 9.53 Å². The Labute approximate surface area is 151 Å². The van der Waals surface area contributed by atoms with Gasteiger partial charge in [0.25, 0.3) is 0 Å². The van der Waals surface area contributed by atoms with E-state index in [1.807, 2.05) is 14.1 Å². The van der Waals surface area contributed by atoms with E-state index in [1.165, 1.54) is 5.69 Å². The summed E-state index contributed by atoms with van der Waals surface area (Å²) in [6.45, 7) is 6.44. The van der Waals surface area contributed by atoms with Gasteiger partial charge in [0.1, 0.15) is 0 Å². The van der Waals surface area contributed by atoms with Crippen molar-refractivity contribution in [1.82, 2.24) is 9.80 Å². The van der Waals surface area contributed by atoms with Crippen molar-refractivity contribution in [2.24, 2.45) is 0 Å². The number of amides is 1. The second-order valence-electron chi connectivity index (χ2n) is 7.54. The van der Waals surface area contributed by atoms with Gasteiger partial charge in [-0.25, -0.2) is 0 Å². The van der Waals surface area contributed by atoms with E-state index in [0.717, 1.165) is 45.5 Å². The van der Waals surface area contributed by atoms with Gasteiger partial charge in [0.05, 0.1) is 24.8 Å². The summed E-state index contributed by atoms with van der Waals surface area (Å²) in [5.41, 5.74) is 1.29. The summed E-state index contributed by atoms with van der Waals surface area (Å²) < 4.78 is 6.34. The standard InChI is InChI=1S/C20H31N3O2/c1-4-23(17-8-6-5-7-9-17)18-14-20(25-16-18)10-12-22(13-11-20)15-19(24)21(2)3/h5-9,18H,4,10-16H2,1-3H3. The molecule has 0 N–H and O–H groups in total. The predicted octanol–water partition coefficient (Wildman–Crippen LogP) is 2.22. The maximum absolute atomic E-state index is 11.9. The zero-order valence-corrected chi connectivity index (χ0v) is 15.8. The van der Waals surface area contributed by atoms with Crippen molar-refractivity contribution in [2.75, 3.05) is 51.8 Å². The number of para-hydroxylation sites is 1. The summed E-state index contributed by atoms with van der Waals surface area (Å²) in [5.74, 6) is 0.183. The molecule has 1 aromatic rings. The van der Waals surface area contributed by atoms with Gasteiger partial charge in [-0.1, -0.05) is 18.2 Å². The van der Waals surface area contributed by atoms with Crippen molar-refractivity contribution in [1.29, 1.82) is 0 Å². The van der Waals surface area contributed by atoms with Crippen molar-refractivity contribution in [3.8, 4) is 0 Å². The summed E-state index contributed by atoms with van der Waals surface area (Å²) in [4.78, 5) is 18.3. The molecule has 2 aliphatic rings. The maximum Gasteiger partial charge on any atom is 0.236 e. The first-order valence-electron chi connectivity index (χ1n) is 9.41. The first kappa shape index (κ1) is 18.2. The fourth-order valence-corrected chi connectivity index (χ4v) is 4.09. The normalized spacial score (nSPS) is 22.9. The number of anilines is 1. The number of hydrogen-bond donors (Lipinski definition) is 0. The lowest BCUT2D eigenvalue weighted by Crippen LogP contribution is -2.47. The molecule has 2 saturated heterocycles. The summed E-state index contributed by atoms with van der Waals surface area (Å²) >= 11 is 0. The lowest BCUT2D eigenvalue weighted by atomic mass is 9.87. The number of likely N-dealkylation sites (N-methyl/N-ethyl adjacent to an activating group) is 2. The molecule has 0 radical (unpaired) electrons. The van der Waals surface area contributed by atoms with Gasteiger partial charge in [-0.3, -0.25) is 9.69 Å². The van der Waals surface area contributed by atoms with Gasteiger partial charge in [-0.05, 0) is 38.3 Å². The Morgan fingerprint density at radius 2 is 1.92 bits per heavy atom. The zero-order valence-electron chi connectivity index (χ0n) is 15.8. The first-order chi connectivity index (χ1) is 12.0. The largest absolute Gasteiger partial charge is 0.373 e. The van der Waals surface area contributed by atoms with Crippen LogP contribution >= 0.6 is 0 Å². The van der Waals surface area contributed by atoms with Crippen LogP contribution in [0.3, 0.4) is 0 Å². The van der Waals surface area contributed by atoms with E-state index < -0.39 is 0 Å². The van der Waals surface area contributed by atoms with E-state index in [2.05, 4.69) is 47.1 Å². The van der Waals surface area contributed by atoms with Crippen molar-refractivity contribution in [3.63, 3.8) is 0 Å². The molecule has 5 heteroatoms. The highest BCUT2D eigenvalue weighted by Crippen LogP contribution is 2.38. The molecular formula is C20H31N3O2. The van der Waals surface area contributed by atoms with Crippen LogP contribution in [-0.4, -0.2) is 74.2 Å². The highest BCUT2D eigenvalue weighted by molar-refractivity contribution is 5.77. The van der Waals surface area contributed by atoms with Crippen LogP contribution in [0.2, 0.25) is 0 Å². The monoisotopic (exact) mass is 345 g/mol. The van der Waals surface area contributed by atoms with Gasteiger partial charge in [0.15, 0.2) is 0 Å². The van der Waals surface area contributed by atoms with Crippen LogP contribution < -0.4 is 4.90 Å². The lowest BCUT2D eigenvalue weighted by molar-refractivity contribution is -0.131.